The van der Waals surface area contributed by atoms with Crippen molar-refractivity contribution >= 4 is 44.3 Å². The van der Waals surface area contributed by atoms with Crippen LogP contribution in [0.2, 0.25) is 5.02 Å². The molecule has 4 heterocycles. The van der Waals surface area contributed by atoms with E-state index in [1.54, 1.807) is 18.3 Å². The molecule has 3 aromatic carbocycles. The maximum Gasteiger partial charge on any atom is 0.220 e. The lowest BCUT2D eigenvalue weighted by Crippen LogP contribution is -2.35. The number of aryl methyl sites for hydroxylation is 1. The van der Waals surface area contributed by atoms with Crippen LogP contribution in [0.3, 0.4) is 0 Å². The summed E-state index contributed by atoms with van der Waals surface area (Å²) in [6.45, 7) is 5.14. The van der Waals surface area contributed by atoms with Gasteiger partial charge in [-0.2, -0.15) is 10.4 Å². The summed E-state index contributed by atoms with van der Waals surface area (Å²) >= 11 is 10.7. The van der Waals surface area contributed by atoms with Crippen molar-refractivity contribution < 1.29 is 19.4 Å². The van der Waals surface area contributed by atoms with Crippen LogP contribution in [0.25, 0.3) is 22.0 Å². The first kappa shape index (κ1) is 37.8. The van der Waals surface area contributed by atoms with Gasteiger partial charge in [-0.1, -0.05) is 41.9 Å². The lowest BCUT2D eigenvalue weighted by atomic mass is 10.00. The number of hydrogen-bond acceptors (Lipinski definition) is 9. The number of ether oxygens (including phenoxy) is 2. The minimum atomic E-state index is -0.183. The van der Waals surface area contributed by atoms with Gasteiger partial charge < -0.3 is 30.1 Å². The molecule has 3 N–H and O–H groups in total. The third-order valence-corrected chi connectivity index (χ3v) is 11.2. The number of amides is 1. The van der Waals surface area contributed by atoms with Gasteiger partial charge in [0, 0.05) is 90.2 Å². The van der Waals surface area contributed by atoms with Crippen LogP contribution in [0.1, 0.15) is 54.4 Å². The van der Waals surface area contributed by atoms with Crippen molar-refractivity contribution in [1.82, 2.24) is 30.3 Å². The maximum absolute atomic E-state index is 11.7. The van der Waals surface area contributed by atoms with Gasteiger partial charge in [0.15, 0.2) is 0 Å². The molecule has 2 aromatic heterocycles. The molecule has 5 aromatic rings. The van der Waals surface area contributed by atoms with Crippen molar-refractivity contribution in [1.29, 1.82) is 5.26 Å². The Labute approximate surface area is 328 Å². The van der Waals surface area contributed by atoms with E-state index in [1.807, 2.05) is 24.4 Å². The summed E-state index contributed by atoms with van der Waals surface area (Å²) < 4.78 is 15.7. The molecule has 1 amide bonds. The highest BCUT2D eigenvalue weighted by Crippen LogP contribution is 2.38. The second-order valence-electron chi connectivity index (χ2n) is 13.9. The maximum atomic E-state index is 11.7. The predicted octanol–water partition coefficient (Wildman–Crippen LogP) is 6.76. The zero-order chi connectivity index (χ0) is 37.4. The van der Waals surface area contributed by atoms with Crippen LogP contribution in [0, 0.1) is 11.3 Å². The number of carbonyl (C=O) groups is 1. The van der Waals surface area contributed by atoms with Crippen LogP contribution in [0.15, 0.2) is 77.7 Å². The Hall–Kier alpha value is -4.51. The molecule has 280 valence electrons. The molecule has 7 rings (SSSR count). The molecule has 54 heavy (non-hydrogen) atoms. The molecule has 0 spiro atoms. The number of aromatic nitrogens is 3. The number of aliphatic hydroxyl groups is 1. The number of halogens is 2. The third-order valence-electron chi connectivity index (χ3n) is 10.0. The molecule has 13 heteroatoms. The predicted molar refractivity (Wildman–Crippen MR) is 211 cm³/mol. The average molecular weight is 813 g/mol. The van der Waals surface area contributed by atoms with Crippen molar-refractivity contribution in [3.05, 3.63) is 105 Å². The van der Waals surface area contributed by atoms with E-state index in [-0.39, 0.29) is 31.3 Å². The van der Waals surface area contributed by atoms with Crippen LogP contribution in [-0.4, -0.2) is 69.0 Å². The van der Waals surface area contributed by atoms with E-state index in [0.29, 0.717) is 41.6 Å². The minimum absolute atomic E-state index is 0.0756. The van der Waals surface area contributed by atoms with Gasteiger partial charge in [-0.25, -0.2) is 0 Å². The Kier molecular flexibility index (Phi) is 12.4. The van der Waals surface area contributed by atoms with E-state index in [0.717, 1.165) is 95.1 Å². The molecule has 0 radical (unpaired) electrons. The van der Waals surface area contributed by atoms with Gasteiger partial charge in [0.25, 0.3) is 0 Å². The second-order valence-corrected chi connectivity index (χ2v) is 15.1. The number of nitrogens with zero attached hydrogens (tertiary/aromatic N) is 5. The second kappa shape index (κ2) is 17.8. The number of β-amino-alcohol motifs (C(OH)–C–C–N with tert-alkyl or cyclic N) is 1. The fraction of sp³-hybridized carbons (Fsp3) is 0.366. The number of pyridine rings is 1. The zero-order valence-electron chi connectivity index (χ0n) is 29.9. The Bertz CT molecular complexity index is 2150. The summed E-state index contributed by atoms with van der Waals surface area (Å²) in [7, 11) is 0. The number of benzene rings is 3. The molecule has 2 fully saturated rings. The van der Waals surface area contributed by atoms with Gasteiger partial charge in [-0.15, -0.1) is 0 Å². The topological polar surface area (TPSA) is 138 Å². The Morgan fingerprint density at radius 2 is 1.83 bits per heavy atom. The molecule has 11 nitrogen and oxygen atoms in total. The summed E-state index contributed by atoms with van der Waals surface area (Å²) in [5, 5.41) is 31.8. The van der Waals surface area contributed by atoms with Crippen LogP contribution >= 0.6 is 27.5 Å². The summed E-state index contributed by atoms with van der Waals surface area (Å²) in [6, 6.07) is 20.1. The van der Waals surface area contributed by atoms with E-state index in [9.17, 15) is 15.2 Å². The summed E-state index contributed by atoms with van der Waals surface area (Å²) in [5.74, 6) is 1.14. The highest BCUT2D eigenvalue weighted by atomic mass is 79.9. The molecule has 2 aliphatic heterocycles. The van der Waals surface area contributed by atoms with E-state index in [1.165, 1.54) is 6.20 Å². The smallest absolute Gasteiger partial charge is 0.220 e. The molecule has 2 saturated heterocycles. The normalized spacial score (nSPS) is 17.2. The van der Waals surface area contributed by atoms with Crippen molar-refractivity contribution in [2.75, 3.05) is 26.2 Å². The summed E-state index contributed by atoms with van der Waals surface area (Å²) in [4.78, 5) is 18.2. The Morgan fingerprint density at radius 3 is 2.65 bits per heavy atom. The molecule has 0 saturated carbocycles. The third kappa shape index (κ3) is 9.22. The van der Waals surface area contributed by atoms with Gasteiger partial charge in [0.05, 0.1) is 28.4 Å². The summed E-state index contributed by atoms with van der Waals surface area (Å²) in [5.41, 5.74) is 6.22. The monoisotopic (exact) mass is 811 g/mol. The van der Waals surface area contributed by atoms with Gasteiger partial charge in [-0.05, 0) is 77.5 Å². The number of carbonyl (C=O) groups excluding carboxylic acids is 1. The fourth-order valence-electron chi connectivity index (χ4n) is 7.14. The van der Waals surface area contributed by atoms with E-state index < -0.39 is 0 Å². The van der Waals surface area contributed by atoms with Crippen LogP contribution in [-0.2, 0) is 31.1 Å². The number of aliphatic hydroxyl groups excluding tert-OH is 1. The molecule has 0 unspecified atom stereocenters. The molecular weight excluding hydrogens is 770 g/mol. The largest absolute Gasteiger partial charge is 0.488 e. The molecule has 2 aliphatic rings. The van der Waals surface area contributed by atoms with Crippen molar-refractivity contribution in [3.8, 4) is 28.7 Å². The number of likely N-dealkylation sites (tertiary alicyclic amines) is 1. The van der Waals surface area contributed by atoms with E-state index >= 15 is 0 Å². The summed E-state index contributed by atoms with van der Waals surface area (Å²) in [6.07, 6.45) is 9.25. The SMILES string of the molecule is N#Cc1cncc(COc2cc(OCc3cccc(-c4cccc5c4cnn5CCCCN4CC[C@@H](O)C4)c3Br)c(Cl)cc2CNC[C@@H]2CCC(=O)N2)c1. The highest BCUT2D eigenvalue weighted by molar-refractivity contribution is 9.10. The van der Waals surface area contributed by atoms with Crippen molar-refractivity contribution in [2.45, 2.75) is 70.6 Å². The number of fused-ring (bicyclic) bond motifs is 1. The standard InChI is InChI=1S/C41H43BrClN7O4/c42-41-29(5-3-7-34(41)33-6-4-8-37-35(33)23-47-50(37)13-2-1-12-49-14-11-32(51)24-49)26-54-39-17-38(53-25-28-15-27(18-44)19-45-20-28)30(16-36(39)43)21-46-22-31-9-10-40(52)48-31/h3-8,15-17,19-20,23,31-32,46,51H,1-2,9-14,21-22,24-26H2,(H,48,52)/t31-,32+/m0/s1. The zero-order valence-corrected chi connectivity index (χ0v) is 32.3. The van der Waals surface area contributed by atoms with Crippen LogP contribution in [0.4, 0.5) is 0 Å². The molecule has 0 aliphatic carbocycles. The number of nitriles is 1. The van der Waals surface area contributed by atoms with Crippen molar-refractivity contribution in [3.63, 3.8) is 0 Å². The quantitative estimate of drug-likeness (QED) is 0.0924. The van der Waals surface area contributed by atoms with Crippen LogP contribution in [0.5, 0.6) is 11.5 Å². The van der Waals surface area contributed by atoms with E-state index in [4.69, 9.17) is 26.2 Å². The lowest BCUT2D eigenvalue weighted by molar-refractivity contribution is -0.119. The Balaban J connectivity index is 1.05. The molecular formula is C41H43BrClN7O4. The van der Waals surface area contributed by atoms with Gasteiger partial charge in [0.1, 0.15) is 30.8 Å². The van der Waals surface area contributed by atoms with Crippen LogP contribution < -0.4 is 20.1 Å². The molecule has 2 atom stereocenters. The fourth-order valence-corrected chi connectivity index (χ4v) is 7.98. The number of nitrogens with one attached hydrogen (secondary N) is 2. The number of hydrogen-bond donors (Lipinski definition) is 3. The van der Waals surface area contributed by atoms with Gasteiger partial charge >= 0.3 is 0 Å². The van der Waals surface area contributed by atoms with E-state index in [2.05, 4.69) is 71.5 Å². The first-order valence-electron chi connectivity index (χ1n) is 18.4. The molecule has 0 bridgehead atoms. The highest BCUT2D eigenvalue weighted by Gasteiger charge is 2.22. The average Bonchev–Trinajstić information content (AvgIpc) is 3.92. The first-order valence-corrected chi connectivity index (χ1v) is 19.6. The number of rotatable bonds is 16. The number of unbranched alkanes of at least 4 members (excludes halogenated alkanes) is 1. The minimum Gasteiger partial charge on any atom is -0.488 e. The van der Waals surface area contributed by atoms with Gasteiger partial charge in [0.2, 0.25) is 5.91 Å². The Morgan fingerprint density at radius 1 is 1.00 bits per heavy atom. The van der Waals surface area contributed by atoms with Crippen molar-refractivity contribution in [2.24, 2.45) is 0 Å². The first-order chi connectivity index (χ1) is 26.3. The van der Waals surface area contributed by atoms with Gasteiger partial charge in [-0.3, -0.25) is 14.5 Å². The lowest BCUT2D eigenvalue weighted by Gasteiger charge is -2.18.